The van der Waals surface area contributed by atoms with E-state index in [1.807, 2.05) is 48.5 Å². The number of ether oxygens (including phenoxy) is 3. The van der Waals surface area contributed by atoms with Crippen molar-refractivity contribution in [2.75, 3.05) is 14.2 Å². The Morgan fingerprint density at radius 2 is 1.38 bits per heavy atom. The van der Waals surface area contributed by atoms with Gasteiger partial charge in [-0.3, -0.25) is 4.79 Å². The standard InChI is InChI=1S/C14H16ClNO3.C13H13ClO2.2CH4/c1-18-13-10(9-5-2-3-7-11(9)15)6-4-8-12(13)19-14(16)17;1-16-13-10(6-4-8-12(13)15)9-5-2-3-7-11(9)14;;/h2-3,5,7,12H,4,6,8H2,1H3,(H2,16,17);2-3,5,7H,4,6,8H2,1H3;2*1H4/t12-;;;/m0.../s1. The van der Waals surface area contributed by atoms with E-state index < -0.39 is 12.2 Å². The first-order valence-electron chi connectivity index (χ1n) is 11.4. The Balaban J connectivity index is 0.000000355. The van der Waals surface area contributed by atoms with Gasteiger partial charge in [0.2, 0.25) is 0 Å². The van der Waals surface area contributed by atoms with Gasteiger partial charge < -0.3 is 19.9 Å². The number of carbonyl (C=O) groups is 2. The number of allylic oxidation sites excluding steroid dienone is 3. The number of nitrogens with two attached hydrogens (primary N) is 1. The number of carbonyl (C=O) groups excluding carboxylic acids is 2. The van der Waals surface area contributed by atoms with E-state index in [9.17, 15) is 9.59 Å². The molecule has 1 atom stereocenters. The smallest absolute Gasteiger partial charge is 0.405 e. The van der Waals surface area contributed by atoms with E-state index in [2.05, 4.69) is 0 Å². The van der Waals surface area contributed by atoms with Crippen LogP contribution >= 0.6 is 23.2 Å². The van der Waals surface area contributed by atoms with Crippen molar-refractivity contribution in [3.05, 3.63) is 81.2 Å². The molecule has 37 heavy (non-hydrogen) atoms. The number of amides is 1. The summed E-state index contributed by atoms with van der Waals surface area (Å²) in [6.45, 7) is 0. The van der Waals surface area contributed by atoms with Crippen LogP contribution in [0.2, 0.25) is 10.0 Å². The van der Waals surface area contributed by atoms with Crippen molar-refractivity contribution in [2.24, 2.45) is 5.73 Å². The molecule has 0 aliphatic heterocycles. The van der Waals surface area contributed by atoms with Gasteiger partial charge in [0, 0.05) is 33.2 Å². The first-order chi connectivity index (χ1) is 16.9. The highest BCUT2D eigenvalue weighted by Gasteiger charge is 2.28. The molecular formula is C29H37Cl2NO5. The summed E-state index contributed by atoms with van der Waals surface area (Å²) in [5.74, 6) is 1.18. The Morgan fingerprint density at radius 3 is 1.89 bits per heavy atom. The number of hydrogen-bond acceptors (Lipinski definition) is 5. The zero-order valence-corrected chi connectivity index (χ0v) is 21.3. The molecule has 0 fully saturated rings. The van der Waals surface area contributed by atoms with Gasteiger partial charge in [0.05, 0.1) is 14.2 Å². The van der Waals surface area contributed by atoms with Crippen LogP contribution in [-0.2, 0) is 19.0 Å². The molecular weight excluding hydrogens is 513 g/mol. The minimum atomic E-state index is -0.792. The average Bonchev–Trinajstić information content (AvgIpc) is 2.84. The van der Waals surface area contributed by atoms with Crippen LogP contribution in [0.3, 0.4) is 0 Å². The highest BCUT2D eigenvalue weighted by Crippen LogP contribution is 2.37. The van der Waals surface area contributed by atoms with E-state index in [0.717, 1.165) is 48.0 Å². The fraction of sp³-hybridized carbons (Fsp3) is 0.379. The maximum absolute atomic E-state index is 11.7. The molecule has 8 heteroatoms. The zero-order valence-electron chi connectivity index (χ0n) is 19.8. The highest BCUT2D eigenvalue weighted by molar-refractivity contribution is 6.32. The number of methoxy groups -OCH3 is 2. The Hall–Kier alpha value is -2.96. The van der Waals surface area contributed by atoms with Crippen LogP contribution in [0.25, 0.3) is 11.1 Å². The SMILES string of the molecule is C.C.COC1=C(c2ccccc2Cl)CCCC1=O.COC1=C(c2ccccc2Cl)CCC[C@@H]1OC(N)=O. The summed E-state index contributed by atoms with van der Waals surface area (Å²) in [6.07, 6.45) is 3.50. The minimum absolute atomic E-state index is 0. The first kappa shape index (κ1) is 32.1. The van der Waals surface area contributed by atoms with Crippen LogP contribution in [0.15, 0.2) is 60.0 Å². The van der Waals surface area contributed by atoms with Gasteiger partial charge in [0.15, 0.2) is 17.6 Å². The van der Waals surface area contributed by atoms with Crippen molar-refractivity contribution in [3.8, 4) is 0 Å². The van der Waals surface area contributed by atoms with Crippen LogP contribution in [0.1, 0.15) is 64.5 Å². The molecule has 2 aromatic rings. The van der Waals surface area contributed by atoms with E-state index in [1.54, 1.807) is 7.11 Å². The molecule has 0 aromatic heterocycles. The molecule has 2 aliphatic carbocycles. The van der Waals surface area contributed by atoms with Gasteiger partial charge in [-0.05, 0) is 49.8 Å². The second kappa shape index (κ2) is 15.3. The van der Waals surface area contributed by atoms with Crippen molar-refractivity contribution in [3.63, 3.8) is 0 Å². The molecule has 1 amide bonds. The van der Waals surface area contributed by atoms with Gasteiger partial charge in [-0.15, -0.1) is 0 Å². The topological polar surface area (TPSA) is 87.8 Å². The summed E-state index contributed by atoms with van der Waals surface area (Å²) < 4.78 is 15.7. The summed E-state index contributed by atoms with van der Waals surface area (Å²) in [4.78, 5) is 22.6. The molecule has 2 aliphatic rings. The Bertz CT molecular complexity index is 1140. The Morgan fingerprint density at radius 1 is 0.838 bits per heavy atom. The molecule has 202 valence electrons. The highest BCUT2D eigenvalue weighted by atomic mass is 35.5. The van der Waals surface area contributed by atoms with E-state index in [0.29, 0.717) is 34.4 Å². The van der Waals surface area contributed by atoms with Gasteiger partial charge in [-0.2, -0.15) is 0 Å². The van der Waals surface area contributed by atoms with E-state index in [4.69, 9.17) is 43.1 Å². The molecule has 2 N–H and O–H groups in total. The normalized spacial score (nSPS) is 17.0. The number of primary amides is 1. The molecule has 0 saturated heterocycles. The van der Waals surface area contributed by atoms with Crippen molar-refractivity contribution in [1.82, 2.24) is 0 Å². The molecule has 0 unspecified atom stereocenters. The molecule has 0 radical (unpaired) electrons. The van der Waals surface area contributed by atoms with Crippen LogP contribution in [-0.4, -0.2) is 32.2 Å². The van der Waals surface area contributed by atoms with Crippen molar-refractivity contribution >= 4 is 46.2 Å². The average molecular weight is 551 g/mol. The van der Waals surface area contributed by atoms with E-state index in [1.165, 1.54) is 7.11 Å². The molecule has 0 spiro atoms. The van der Waals surface area contributed by atoms with Crippen LogP contribution in [0.5, 0.6) is 0 Å². The van der Waals surface area contributed by atoms with E-state index >= 15 is 0 Å². The van der Waals surface area contributed by atoms with Crippen LogP contribution < -0.4 is 5.73 Å². The van der Waals surface area contributed by atoms with Crippen LogP contribution in [0.4, 0.5) is 4.79 Å². The maximum atomic E-state index is 11.7. The van der Waals surface area contributed by atoms with Crippen molar-refractivity contribution in [2.45, 2.75) is 59.5 Å². The molecule has 0 heterocycles. The third kappa shape index (κ3) is 8.01. The quantitative estimate of drug-likeness (QED) is 0.407. The third-order valence-corrected chi connectivity index (χ3v) is 6.58. The zero-order chi connectivity index (χ0) is 25.4. The predicted molar refractivity (Wildman–Crippen MR) is 151 cm³/mol. The van der Waals surface area contributed by atoms with Crippen LogP contribution in [0, 0.1) is 0 Å². The monoisotopic (exact) mass is 549 g/mol. The molecule has 4 rings (SSSR count). The molecule has 0 bridgehead atoms. The summed E-state index contributed by atoms with van der Waals surface area (Å²) in [5.41, 5.74) is 8.83. The van der Waals surface area contributed by atoms with Gasteiger partial charge in [-0.1, -0.05) is 74.5 Å². The fourth-order valence-corrected chi connectivity index (χ4v) is 4.91. The largest absolute Gasteiger partial charge is 0.497 e. The number of rotatable bonds is 5. The van der Waals surface area contributed by atoms with Crippen molar-refractivity contribution < 1.29 is 23.8 Å². The molecule has 6 nitrogen and oxygen atoms in total. The lowest BCUT2D eigenvalue weighted by Gasteiger charge is -2.27. The molecule has 0 saturated carbocycles. The number of Topliss-reactive ketones (excluding diaryl/α,β-unsaturated/α-hetero) is 1. The first-order valence-corrected chi connectivity index (χ1v) is 12.2. The molecule has 2 aromatic carbocycles. The Kier molecular flexibility index (Phi) is 13.3. The lowest BCUT2D eigenvalue weighted by molar-refractivity contribution is -0.118. The second-order valence-corrected chi connectivity index (χ2v) is 8.93. The van der Waals surface area contributed by atoms with Gasteiger partial charge in [0.1, 0.15) is 5.76 Å². The lowest BCUT2D eigenvalue weighted by atomic mass is 9.90. The van der Waals surface area contributed by atoms with Gasteiger partial charge in [-0.25, -0.2) is 4.79 Å². The predicted octanol–water partition coefficient (Wildman–Crippen LogP) is 8.07. The Labute approximate surface area is 230 Å². The number of halogens is 2. The van der Waals surface area contributed by atoms with Gasteiger partial charge >= 0.3 is 6.09 Å². The summed E-state index contributed by atoms with van der Waals surface area (Å²) in [5, 5.41) is 1.33. The number of hydrogen-bond donors (Lipinski definition) is 1. The summed E-state index contributed by atoms with van der Waals surface area (Å²) in [7, 11) is 3.10. The lowest BCUT2D eigenvalue weighted by Crippen LogP contribution is -2.28. The minimum Gasteiger partial charge on any atom is -0.497 e. The number of benzene rings is 2. The fourth-order valence-electron chi connectivity index (χ4n) is 4.41. The maximum Gasteiger partial charge on any atom is 0.405 e. The number of ketones is 1. The van der Waals surface area contributed by atoms with Gasteiger partial charge in [0.25, 0.3) is 0 Å². The van der Waals surface area contributed by atoms with Crippen molar-refractivity contribution in [1.29, 1.82) is 0 Å². The third-order valence-electron chi connectivity index (χ3n) is 5.92. The van der Waals surface area contributed by atoms with E-state index in [-0.39, 0.29) is 20.6 Å². The second-order valence-electron chi connectivity index (χ2n) is 8.11. The summed E-state index contributed by atoms with van der Waals surface area (Å²) in [6, 6.07) is 15.1. The summed E-state index contributed by atoms with van der Waals surface area (Å²) >= 11 is 12.3.